The van der Waals surface area contributed by atoms with Gasteiger partial charge in [0.15, 0.2) is 0 Å². The maximum absolute atomic E-state index is 10.9. The summed E-state index contributed by atoms with van der Waals surface area (Å²) in [6, 6.07) is 11.1. The lowest BCUT2D eigenvalue weighted by molar-refractivity contribution is -0.138. The SMILES string of the molecule is CC(Cc1ccccc1)N1CCCC1CC(=O)O. The number of aliphatic carboxylic acids is 1. The number of hydrogen-bond donors (Lipinski definition) is 1. The van der Waals surface area contributed by atoms with Crippen LogP contribution < -0.4 is 0 Å². The third-order valence-corrected chi connectivity index (χ3v) is 3.77. The van der Waals surface area contributed by atoms with Crippen LogP contribution in [0.2, 0.25) is 0 Å². The molecule has 18 heavy (non-hydrogen) atoms. The minimum atomic E-state index is -0.682. The molecule has 2 rings (SSSR count). The minimum absolute atomic E-state index is 0.223. The van der Waals surface area contributed by atoms with E-state index in [9.17, 15) is 4.79 Å². The summed E-state index contributed by atoms with van der Waals surface area (Å²) in [4.78, 5) is 13.2. The first-order valence-corrected chi connectivity index (χ1v) is 6.68. The van der Waals surface area contributed by atoms with Gasteiger partial charge in [0.05, 0.1) is 6.42 Å². The Hall–Kier alpha value is -1.35. The molecule has 1 aliphatic rings. The zero-order valence-electron chi connectivity index (χ0n) is 10.9. The number of benzene rings is 1. The molecule has 3 nitrogen and oxygen atoms in total. The van der Waals surface area contributed by atoms with E-state index in [-0.39, 0.29) is 12.5 Å². The lowest BCUT2D eigenvalue weighted by Gasteiger charge is -2.30. The van der Waals surface area contributed by atoms with Crippen LogP contribution in [0.5, 0.6) is 0 Å². The maximum Gasteiger partial charge on any atom is 0.304 e. The Labute approximate surface area is 108 Å². The van der Waals surface area contributed by atoms with Gasteiger partial charge < -0.3 is 5.11 Å². The summed E-state index contributed by atoms with van der Waals surface area (Å²) >= 11 is 0. The first-order valence-electron chi connectivity index (χ1n) is 6.68. The van der Waals surface area contributed by atoms with E-state index in [2.05, 4.69) is 36.1 Å². The van der Waals surface area contributed by atoms with Crippen LogP contribution in [0.3, 0.4) is 0 Å². The Morgan fingerprint density at radius 1 is 1.44 bits per heavy atom. The number of carboxylic acid groups (broad SMARTS) is 1. The lowest BCUT2D eigenvalue weighted by atomic mass is 10.0. The molecule has 1 N–H and O–H groups in total. The summed E-state index contributed by atoms with van der Waals surface area (Å²) in [6.07, 6.45) is 3.42. The first-order chi connectivity index (χ1) is 8.66. The molecule has 1 aromatic rings. The normalized spacial score (nSPS) is 21.9. The van der Waals surface area contributed by atoms with Gasteiger partial charge in [0, 0.05) is 12.1 Å². The molecule has 0 bridgehead atoms. The second-order valence-corrected chi connectivity index (χ2v) is 5.17. The number of carbonyl (C=O) groups is 1. The molecule has 0 amide bonds. The van der Waals surface area contributed by atoms with Gasteiger partial charge in [0.1, 0.15) is 0 Å². The molecule has 0 spiro atoms. The van der Waals surface area contributed by atoms with Crippen molar-refractivity contribution in [2.75, 3.05) is 6.54 Å². The third kappa shape index (κ3) is 3.33. The van der Waals surface area contributed by atoms with Crippen LogP contribution in [0.15, 0.2) is 30.3 Å². The van der Waals surface area contributed by atoms with Crippen molar-refractivity contribution in [3.8, 4) is 0 Å². The molecule has 0 saturated carbocycles. The number of hydrogen-bond acceptors (Lipinski definition) is 2. The van der Waals surface area contributed by atoms with Crippen LogP contribution in [0.4, 0.5) is 0 Å². The van der Waals surface area contributed by atoms with Crippen molar-refractivity contribution in [2.45, 2.75) is 44.7 Å². The molecule has 98 valence electrons. The summed E-state index contributed by atoms with van der Waals surface area (Å²) in [6.45, 7) is 3.24. The van der Waals surface area contributed by atoms with Crippen molar-refractivity contribution < 1.29 is 9.90 Å². The summed E-state index contributed by atoms with van der Waals surface area (Å²) in [5, 5.41) is 8.94. The van der Waals surface area contributed by atoms with Crippen LogP contribution in [0.25, 0.3) is 0 Å². The highest BCUT2D eigenvalue weighted by Gasteiger charge is 2.29. The number of carboxylic acids is 1. The Bertz CT molecular complexity index is 391. The first kappa shape index (κ1) is 13.1. The topological polar surface area (TPSA) is 40.5 Å². The molecule has 1 aromatic carbocycles. The molecule has 2 unspecified atom stereocenters. The van der Waals surface area contributed by atoms with E-state index in [1.807, 2.05) is 6.07 Å². The molecule has 3 heteroatoms. The van der Waals surface area contributed by atoms with Gasteiger partial charge in [-0.05, 0) is 38.3 Å². The molecule has 0 aromatic heterocycles. The maximum atomic E-state index is 10.9. The van der Waals surface area contributed by atoms with Gasteiger partial charge in [0.2, 0.25) is 0 Å². The van der Waals surface area contributed by atoms with Gasteiger partial charge in [-0.2, -0.15) is 0 Å². The standard InChI is InChI=1S/C15H21NO2/c1-12(10-13-6-3-2-4-7-13)16-9-5-8-14(16)11-15(17)18/h2-4,6-7,12,14H,5,8-11H2,1H3,(H,17,18). The zero-order valence-corrected chi connectivity index (χ0v) is 10.9. The summed E-state index contributed by atoms with van der Waals surface area (Å²) in [5.74, 6) is -0.682. The molecule has 2 atom stereocenters. The van der Waals surface area contributed by atoms with Crippen molar-refractivity contribution in [1.82, 2.24) is 4.90 Å². The summed E-state index contributed by atoms with van der Waals surface area (Å²) < 4.78 is 0. The predicted molar refractivity (Wildman–Crippen MR) is 71.6 cm³/mol. The van der Waals surface area contributed by atoms with E-state index in [1.54, 1.807) is 0 Å². The second-order valence-electron chi connectivity index (χ2n) is 5.17. The molecule has 1 aliphatic heterocycles. The van der Waals surface area contributed by atoms with E-state index in [0.717, 1.165) is 25.8 Å². The van der Waals surface area contributed by atoms with Crippen LogP contribution in [0, 0.1) is 0 Å². The molecular formula is C15H21NO2. The van der Waals surface area contributed by atoms with Crippen LogP contribution in [0.1, 0.15) is 31.7 Å². The fourth-order valence-corrected chi connectivity index (χ4v) is 2.93. The Morgan fingerprint density at radius 3 is 2.83 bits per heavy atom. The smallest absolute Gasteiger partial charge is 0.304 e. The number of rotatable bonds is 5. The van der Waals surface area contributed by atoms with Crippen LogP contribution in [-0.4, -0.2) is 34.6 Å². The van der Waals surface area contributed by atoms with Gasteiger partial charge in [0.25, 0.3) is 0 Å². The van der Waals surface area contributed by atoms with E-state index in [1.165, 1.54) is 5.56 Å². The Morgan fingerprint density at radius 2 is 2.17 bits per heavy atom. The molecule has 0 radical (unpaired) electrons. The molecule has 0 aliphatic carbocycles. The van der Waals surface area contributed by atoms with Crippen LogP contribution >= 0.6 is 0 Å². The highest BCUT2D eigenvalue weighted by molar-refractivity contribution is 5.67. The van der Waals surface area contributed by atoms with Crippen molar-refractivity contribution >= 4 is 5.97 Å². The number of nitrogens with zero attached hydrogens (tertiary/aromatic N) is 1. The Kier molecular flexibility index (Phi) is 4.37. The van der Waals surface area contributed by atoms with Crippen molar-refractivity contribution in [2.24, 2.45) is 0 Å². The molecule has 1 heterocycles. The van der Waals surface area contributed by atoms with Crippen molar-refractivity contribution in [1.29, 1.82) is 0 Å². The minimum Gasteiger partial charge on any atom is -0.481 e. The highest BCUT2D eigenvalue weighted by Crippen LogP contribution is 2.24. The monoisotopic (exact) mass is 247 g/mol. The van der Waals surface area contributed by atoms with Gasteiger partial charge in [-0.1, -0.05) is 30.3 Å². The highest BCUT2D eigenvalue weighted by atomic mass is 16.4. The Balaban J connectivity index is 1.95. The predicted octanol–water partition coefficient (Wildman–Crippen LogP) is 2.56. The van der Waals surface area contributed by atoms with E-state index in [4.69, 9.17) is 5.11 Å². The van der Waals surface area contributed by atoms with Crippen molar-refractivity contribution in [3.63, 3.8) is 0 Å². The lowest BCUT2D eigenvalue weighted by Crippen LogP contribution is -2.39. The van der Waals surface area contributed by atoms with E-state index in [0.29, 0.717) is 6.04 Å². The number of likely N-dealkylation sites (tertiary alicyclic amines) is 1. The average Bonchev–Trinajstić information content (AvgIpc) is 2.77. The zero-order chi connectivity index (χ0) is 13.0. The van der Waals surface area contributed by atoms with Gasteiger partial charge in [-0.15, -0.1) is 0 Å². The van der Waals surface area contributed by atoms with Gasteiger partial charge >= 0.3 is 5.97 Å². The fraction of sp³-hybridized carbons (Fsp3) is 0.533. The molecular weight excluding hydrogens is 226 g/mol. The molecule has 1 saturated heterocycles. The average molecular weight is 247 g/mol. The van der Waals surface area contributed by atoms with E-state index >= 15 is 0 Å². The van der Waals surface area contributed by atoms with Crippen LogP contribution in [-0.2, 0) is 11.2 Å². The summed E-state index contributed by atoms with van der Waals surface area (Å²) in [7, 11) is 0. The van der Waals surface area contributed by atoms with Gasteiger partial charge in [-0.25, -0.2) is 0 Å². The molecule has 1 fully saturated rings. The largest absolute Gasteiger partial charge is 0.481 e. The summed E-state index contributed by atoms with van der Waals surface area (Å²) in [5.41, 5.74) is 1.32. The fourth-order valence-electron chi connectivity index (χ4n) is 2.93. The third-order valence-electron chi connectivity index (χ3n) is 3.77. The van der Waals surface area contributed by atoms with Gasteiger partial charge in [-0.3, -0.25) is 9.69 Å². The van der Waals surface area contributed by atoms with Crippen molar-refractivity contribution in [3.05, 3.63) is 35.9 Å². The van der Waals surface area contributed by atoms with E-state index < -0.39 is 5.97 Å². The second kappa shape index (κ2) is 6.01. The quantitative estimate of drug-likeness (QED) is 0.869.